The first-order chi connectivity index (χ1) is 12.5. The Kier molecular flexibility index (Phi) is 4.30. The number of rotatable bonds is 3. The molecule has 1 aliphatic rings. The standard InChI is InChI=1S/C20H15FN2OS2/c1-12-16(15-4-2-3-5-17(15)22-12)10-18-19(24)23(20(25)26-18)11-13-6-8-14(21)9-7-13/h2-10,24H,11H2,1H3/b16-10+. The second-order valence-corrected chi connectivity index (χ2v) is 7.72. The van der Waals surface area contributed by atoms with Crippen molar-refractivity contribution in [2.24, 2.45) is 4.99 Å². The third-order valence-corrected chi connectivity index (χ3v) is 5.68. The van der Waals surface area contributed by atoms with E-state index in [1.807, 2.05) is 37.3 Å². The van der Waals surface area contributed by atoms with Crippen LogP contribution in [0.5, 0.6) is 5.88 Å². The molecule has 0 aliphatic carbocycles. The lowest BCUT2D eigenvalue weighted by molar-refractivity contribution is 0.422. The first kappa shape index (κ1) is 16.9. The fourth-order valence-electron chi connectivity index (χ4n) is 2.97. The van der Waals surface area contributed by atoms with E-state index in [1.165, 1.54) is 23.5 Å². The smallest absolute Gasteiger partial charge is 0.210 e. The molecule has 3 aromatic rings. The van der Waals surface area contributed by atoms with E-state index < -0.39 is 0 Å². The van der Waals surface area contributed by atoms with Gasteiger partial charge < -0.3 is 5.11 Å². The molecular formula is C20H15FN2OS2. The molecule has 0 unspecified atom stereocenters. The second kappa shape index (κ2) is 6.63. The lowest BCUT2D eigenvalue weighted by atomic mass is 10.0. The van der Waals surface area contributed by atoms with Crippen molar-refractivity contribution in [3.8, 4) is 5.88 Å². The van der Waals surface area contributed by atoms with E-state index >= 15 is 0 Å². The van der Waals surface area contributed by atoms with Gasteiger partial charge in [0, 0.05) is 16.8 Å². The van der Waals surface area contributed by atoms with Crippen LogP contribution in [-0.2, 0) is 6.54 Å². The van der Waals surface area contributed by atoms with Gasteiger partial charge in [-0.15, -0.1) is 11.3 Å². The van der Waals surface area contributed by atoms with Gasteiger partial charge in [0.2, 0.25) is 5.88 Å². The Morgan fingerprint density at radius 3 is 2.69 bits per heavy atom. The zero-order valence-corrected chi connectivity index (χ0v) is 15.6. The first-order valence-corrected chi connectivity index (χ1v) is 9.29. The second-order valence-electron chi connectivity index (χ2n) is 6.04. The molecule has 2 aromatic carbocycles. The minimum atomic E-state index is -0.285. The molecule has 0 atom stereocenters. The maximum absolute atomic E-state index is 13.1. The molecule has 0 spiro atoms. The van der Waals surface area contributed by atoms with Crippen LogP contribution in [0, 0.1) is 9.77 Å². The van der Waals surface area contributed by atoms with E-state index in [-0.39, 0.29) is 11.7 Å². The van der Waals surface area contributed by atoms with Gasteiger partial charge in [-0.25, -0.2) is 4.39 Å². The number of hydrogen-bond acceptors (Lipinski definition) is 4. The maximum Gasteiger partial charge on any atom is 0.210 e. The highest BCUT2D eigenvalue weighted by atomic mass is 32.1. The zero-order valence-electron chi connectivity index (χ0n) is 13.9. The van der Waals surface area contributed by atoms with Crippen LogP contribution in [0.25, 0.3) is 11.6 Å². The van der Waals surface area contributed by atoms with Crippen LogP contribution in [0.3, 0.4) is 0 Å². The van der Waals surface area contributed by atoms with E-state index in [2.05, 4.69) is 4.99 Å². The summed E-state index contributed by atoms with van der Waals surface area (Å²) in [5, 5.41) is 10.7. The molecule has 1 N–H and O–H groups in total. The molecular weight excluding hydrogens is 367 g/mol. The van der Waals surface area contributed by atoms with Crippen LogP contribution in [-0.4, -0.2) is 15.4 Å². The Morgan fingerprint density at radius 1 is 1.19 bits per heavy atom. The third kappa shape index (κ3) is 3.02. The number of aliphatic imine (C=N–C) groups is 1. The van der Waals surface area contributed by atoms with Crippen LogP contribution in [0.1, 0.15) is 22.9 Å². The van der Waals surface area contributed by atoms with Gasteiger partial charge in [0.25, 0.3) is 0 Å². The SMILES string of the molecule is CC1=Nc2ccccc2/C1=C/c1sc(=S)n(Cc2ccc(F)cc2)c1O. The number of hydrogen-bond donors (Lipinski definition) is 1. The van der Waals surface area contributed by atoms with E-state index in [1.54, 1.807) is 16.7 Å². The van der Waals surface area contributed by atoms with Gasteiger partial charge in [-0.1, -0.05) is 30.3 Å². The largest absolute Gasteiger partial charge is 0.493 e. The van der Waals surface area contributed by atoms with Gasteiger partial charge in [0.05, 0.1) is 17.1 Å². The summed E-state index contributed by atoms with van der Waals surface area (Å²) in [6, 6.07) is 14.1. The van der Waals surface area contributed by atoms with Gasteiger partial charge in [-0.2, -0.15) is 0 Å². The summed E-state index contributed by atoms with van der Waals surface area (Å²) >= 11 is 6.77. The molecule has 0 fully saturated rings. The summed E-state index contributed by atoms with van der Waals surface area (Å²) in [5.41, 5.74) is 4.76. The Balaban J connectivity index is 1.72. The number of fused-ring (bicyclic) bond motifs is 1. The monoisotopic (exact) mass is 382 g/mol. The predicted molar refractivity (Wildman–Crippen MR) is 107 cm³/mol. The highest BCUT2D eigenvalue weighted by Crippen LogP contribution is 2.38. The molecule has 1 aliphatic heterocycles. The highest BCUT2D eigenvalue weighted by molar-refractivity contribution is 7.73. The quantitative estimate of drug-likeness (QED) is 0.580. The van der Waals surface area contributed by atoms with Crippen LogP contribution in [0.15, 0.2) is 53.5 Å². The summed E-state index contributed by atoms with van der Waals surface area (Å²) in [5.74, 6) is -0.166. The predicted octanol–water partition coefficient (Wildman–Crippen LogP) is 5.82. The van der Waals surface area contributed by atoms with Crippen molar-refractivity contribution in [2.45, 2.75) is 13.5 Å². The zero-order chi connectivity index (χ0) is 18.3. The third-order valence-electron chi connectivity index (χ3n) is 4.30. The topological polar surface area (TPSA) is 37.5 Å². The van der Waals surface area contributed by atoms with Crippen molar-refractivity contribution in [3.63, 3.8) is 0 Å². The van der Waals surface area contributed by atoms with Crippen LogP contribution >= 0.6 is 23.6 Å². The number of aromatic hydroxyl groups is 1. The molecule has 0 amide bonds. The molecule has 0 bridgehead atoms. The van der Waals surface area contributed by atoms with E-state index in [0.717, 1.165) is 28.1 Å². The number of benzene rings is 2. The molecule has 0 saturated heterocycles. The molecule has 2 heterocycles. The fourth-order valence-corrected chi connectivity index (χ4v) is 4.22. The summed E-state index contributed by atoms with van der Waals surface area (Å²) in [7, 11) is 0. The average molecular weight is 382 g/mol. The summed E-state index contributed by atoms with van der Waals surface area (Å²) in [6.07, 6.45) is 1.93. The van der Waals surface area contributed by atoms with Gasteiger partial charge in [-0.05, 0) is 49.0 Å². The van der Waals surface area contributed by atoms with E-state index in [4.69, 9.17) is 12.2 Å². The summed E-state index contributed by atoms with van der Waals surface area (Å²) < 4.78 is 15.3. The number of nitrogens with zero attached hydrogens (tertiary/aromatic N) is 2. The van der Waals surface area contributed by atoms with Crippen molar-refractivity contribution >= 4 is 46.6 Å². The summed E-state index contributed by atoms with van der Waals surface area (Å²) in [4.78, 5) is 5.26. The minimum absolute atomic E-state index is 0.119. The Bertz CT molecular complexity index is 1110. The molecule has 0 radical (unpaired) electrons. The Labute approximate surface area is 159 Å². The Morgan fingerprint density at radius 2 is 1.92 bits per heavy atom. The van der Waals surface area contributed by atoms with E-state index in [9.17, 15) is 9.50 Å². The summed E-state index contributed by atoms with van der Waals surface area (Å²) in [6.45, 7) is 2.35. The van der Waals surface area contributed by atoms with Crippen molar-refractivity contribution in [3.05, 3.63) is 74.3 Å². The maximum atomic E-state index is 13.1. The van der Waals surface area contributed by atoms with Gasteiger partial charge >= 0.3 is 0 Å². The molecule has 26 heavy (non-hydrogen) atoms. The van der Waals surface area contributed by atoms with Crippen molar-refractivity contribution in [2.75, 3.05) is 0 Å². The number of halogens is 1. The minimum Gasteiger partial charge on any atom is -0.493 e. The Hall–Kier alpha value is -2.57. The number of para-hydroxylation sites is 1. The molecule has 4 rings (SSSR count). The fraction of sp³-hybridized carbons (Fsp3) is 0.100. The van der Waals surface area contributed by atoms with E-state index in [0.29, 0.717) is 15.4 Å². The van der Waals surface area contributed by atoms with Gasteiger partial charge in [-0.3, -0.25) is 9.56 Å². The van der Waals surface area contributed by atoms with Crippen LogP contribution in [0.4, 0.5) is 10.1 Å². The number of aromatic nitrogens is 1. The molecule has 1 aromatic heterocycles. The highest BCUT2D eigenvalue weighted by Gasteiger charge is 2.19. The number of allylic oxidation sites excluding steroid dienone is 1. The van der Waals surface area contributed by atoms with Crippen LogP contribution in [0.2, 0.25) is 0 Å². The van der Waals surface area contributed by atoms with Crippen LogP contribution < -0.4 is 0 Å². The van der Waals surface area contributed by atoms with Crippen molar-refractivity contribution < 1.29 is 9.50 Å². The van der Waals surface area contributed by atoms with Crippen molar-refractivity contribution in [1.82, 2.24) is 4.57 Å². The molecule has 6 heteroatoms. The van der Waals surface area contributed by atoms with Crippen molar-refractivity contribution in [1.29, 1.82) is 0 Å². The average Bonchev–Trinajstić information content (AvgIpc) is 3.08. The number of thiazole rings is 1. The first-order valence-electron chi connectivity index (χ1n) is 8.07. The lowest BCUT2D eigenvalue weighted by Crippen LogP contribution is -1.99. The van der Waals surface area contributed by atoms with Gasteiger partial charge in [0.15, 0.2) is 3.95 Å². The molecule has 3 nitrogen and oxygen atoms in total. The molecule has 0 saturated carbocycles. The lowest BCUT2D eigenvalue weighted by Gasteiger charge is -2.05. The van der Waals surface area contributed by atoms with Gasteiger partial charge in [0.1, 0.15) is 5.82 Å². The normalized spacial score (nSPS) is 14.5. The molecule has 130 valence electrons.